The SMILES string of the molecule is CCC(CO)NCc1c(Br)ccc(OC)c1OCc1ccccc1C. The minimum absolute atomic E-state index is 0.0577. The minimum atomic E-state index is 0.0577. The van der Waals surface area contributed by atoms with E-state index in [-0.39, 0.29) is 12.6 Å². The quantitative estimate of drug-likeness (QED) is 0.653. The van der Waals surface area contributed by atoms with Crippen LogP contribution in [0.25, 0.3) is 0 Å². The number of aryl methyl sites for hydroxylation is 1. The fourth-order valence-corrected chi connectivity index (χ4v) is 3.02. The molecule has 0 saturated heterocycles. The second kappa shape index (κ2) is 9.80. The zero-order valence-electron chi connectivity index (χ0n) is 15.0. The zero-order valence-corrected chi connectivity index (χ0v) is 16.6. The van der Waals surface area contributed by atoms with Crippen LogP contribution in [0.1, 0.15) is 30.0 Å². The average molecular weight is 408 g/mol. The topological polar surface area (TPSA) is 50.7 Å². The van der Waals surface area contributed by atoms with Gasteiger partial charge in [-0.05, 0) is 36.6 Å². The van der Waals surface area contributed by atoms with E-state index in [0.717, 1.165) is 27.8 Å². The summed E-state index contributed by atoms with van der Waals surface area (Å²) in [7, 11) is 1.64. The van der Waals surface area contributed by atoms with Crippen LogP contribution in [0.15, 0.2) is 40.9 Å². The van der Waals surface area contributed by atoms with Crippen LogP contribution in [0.3, 0.4) is 0 Å². The number of methoxy groups -OCH3 is 1. The number of halogens is 1. The molecule has 0 radical (unpaired) electrons. The van der Waals surface area contributed by atoms with Crippen molar-refractivity contribution in [1.82, 2.24) is 5.32 Å². The molecule has 0 heterocycles. The highest BCUT2D eigenvalue weighted by Crippen LogP contribution is 2.37. The van der Waals surface area contributed by atoms with Crippen LogP contribution in [0, 0.1) is 6.92 Å². The van der Waals surface area contributed by atoms with Crippen molar-refractivity contribution in [1.29, 1.82) is 0 Å². The molecule has 0 amide bonds. The number of nitrogens with one attached hydrogen (secondary N) is 1. The maximum absolute atomic E-state index is 9.40. The number of ether oxygens (including phenoxy) is 2. The van der Waals surface area contributed by atoms with Crippen molar-refractivity contribution in [2.75, 3.05) is 13.7 Å². The monoisotopic (exact) mass is 407 g/mol. The van der Waals surface area contributed by atoms with Gasteiger partial charge in [0.15, 0.2) is 11.5 Å². The molecule has 0 saturated carbocycles. The van der Waals surface area contributed by atoms with Gasteiger partial charge < -0.3 is 19.9 Å². The van der Waals surface area contributed by atoms with E-state index in [1.54, 1.807) is 7.11 Å². The molecule has 2 aromatic carbocycles. The number of hydrogen-bond donors (Lipinski definition) is 2. The Morgan fingerprint density at radius 2 is 1.96 bits per heavy atom. The highest BCUT2D eigenvalue weighted by molar-refractivity contribution is 9.10. The van der Waals surface area contributed by atoms with Gasteiger partial charge in [0.1, 0.15) is 6.61 Å². The molecule has 0 spiro atoms. The molecule has 0 aromatic heterocycles. The van der Waals surface area contributed by atoms with Crippen molar-refractivity contribution >= 4 is 15.9 Å². The molecule has 4 nitrogen and oxygen atoms in total. The van der Waals surface area contributed by atoms with Gasteiger partial charge >= 0.3 is 0 Å². The third-order valence-electron chi connectivity index (χ3n) is 4.30. The molecule has 1 atom stereocenters. The largest absolute Gasteiger partial charge is 0.493 e. The summed E-state index contributed by atoms with van der Waals surface area (Å²) in [5, 5.41) is 12.8. The standard InChI is InChI=1S/C20H26BrNO3/c1-4-16(12-23)22-11-17-18(21)9-10-19(24-3)20(17)25-13-15-8-6-5-7-14(15)2/h5-10,16,22-23H,4,11-13H2,1-3H3. The van der Waals surface area contributed by atoms with Crippen molar-refractivity contribution in [2.24, 2.45) is 0 Å². The number of benzene rings is 2. The highest BCUT2D eigenvalue weighted by Gasteiger charge is 2.16. The van der Waals surface area contributed by atoms with Crippen molar-refractivity contribution in [3.63, 3.8) is 0 Å². The zero-order chi connectivity index (χ0) is 18.2. The Kier molecular flexibility index (Phi) is 7.75. The first-order valence-electron chi connectivity index (χ1n) is 8.47. The number of aliphatic hydroxyl groups is 1. The van der Waals surface area contributed by atoms with Crippen LogP contribution in [-0.4, -0.2) is 24.9 Å². The van der Waals surface area contributed by atoms with E-state index in [2.05, 4.69) is 40.3 Å². The van der Waals surface area contributed by atoms with Crippen LogP contribution >= 0.6 is 15.9 Å². The fraction of sp³-hybridized carbons (Fsp3) is 0.400. The molecule has 0 fully saturated rings. The molecule has 25 heavy (non-hydrogen) atoms. The van der Waals surface area contributed by atoms with E-state index < -0.39 is 0 Å². The lowest BCUT2D eigenvalue weighted by atomic mass is 10.1. The highest BCUT2D eigenvalue weighted by atomic mass is 79.9. The molecule has 0 aliphatic heterocycles. The molecule has 0 aliphatic carbocycles. The predicted octanol–water partition coefficient (Wildman–Crippen LogP) is 4.21. The second-order valence-electron chi connectivity index (χ2n) is 5.94. The lowest BCUT2D eigenvalue weighted by Crippen LogP contribution is -2.31. The first kappa shape index (κ1) is 19.8. The first-order chi connectivity index (χ1) is 12.1. The van der Waals surface area contributed by atoms with E-state index in [9.17, 15) is 5.11 Å². The van der Waals surface area contributed by atoms with E-state index in [0.29, 0.717) is 18.9 Å². The maximum atomic E-state index is 9.40. The van der Waals surface area contributed by atoms with Gasteiger partial charge in [-0.25, -0.2) is 0 Å². The van der Waals surface area contributed by atoms with Crippen LogP contribution in [0.5, 0.6) is 11.5 Å². The first-order valence-corrected chi connectivity index (χ1v) is 9.26. The molecular formula is C20H26BrNO3. The third kappa shape index (κ3) is 5.21. The van der Waals surface area contributed by atoms with Gasteiger partial charge in [-0.3, -0.25) is 0 Å². The van der Waals surface area contributed by atoms with Gasteiger partial charge in [0.25, 0.3) is 0 Å². The molecular weight excluding hydrogens is 382 g/mol. The Morgan fingerprint density at radius 3 is 2.60 bits per heavy atom. The van der Waals surface area contributed by atoms with Crippen LogP contribution in [0.4, 0.5) is 0 Å². The minimum Gasteiger partial charge on any atom is -0.493 e. The Morgan fingerprint density at radius 1 is 1.20 bits per heavy atom. The number of rotatable bonds is 9. The molecule has 0 bridgehead atoms. The Bertz CT molecular complexity index is 687. The predicted molar refractivity (Wildman–Crippen MR) is 104 cm³/mol. The van der Waals surface area contributed by atoms with Gasteiger partial charge in [0.05, 0.1) is 13.7 Å². The average Bonchev–Trinajstić information content (AvgIpc) is 2.63. The van der Waals surface area contributed by atoms with Gasteiger partial charge in [0.2, 0.25) is 0 Å². The molecule has 2 aromatic rings. The Balaban J connectivity index is 2.24. The molecule has 136 valence electrons. The molecule has 0 aliphatic rings. The van der Waals surface area contributed by atoms with Crippen LogP contribution < -0.4 is 14.8 Å². The molecule has 5 heteroatoms. The summed E-state index contributed by atoms with van der Waals surface area (Å²) in [5.74, 6) is 1.42. The third-order valence-corrected chi connectivity index (χ3v) is 5.04. The summed E-state index contributed by atoms with van der Waals surface area (Å²) >= 11 is 3.61. The number of hydrogen-bond acceptors (Lipinski definition) is 4. The fourth-order valence-electron chi connectivity index (χ4n) is 2.57. The van der Waals surface area contributed by atoms with Crippen LogP contribution in [0.2, 0.25) is 0 Å². The Labute approximate surface area is 158 Å². The molecule has 2 rings (SSSR count). The summed E-state index contributed by atoms with van der Waals surface area (Å²) in [6.45, 7) is 5.29. The summed E-state index contributed by atoms with van der Waals surface area (Å²) in [4.78, 5) is 0. The maximum Gasteiger partial charge on any atom is 0.167 e. The van der Waals surface area contributed by atoms with Gasteiger partial charge in [-0.1, -0.05) is 47.1 Å². The van der Waals surface area contributed by atoms with Crippen molar-refractivity contribution in [3.05, 3.63) is 57.6 Å². The summed E-state index contributed by atoms with van der Waals surface area (Å²) < 4.78 is 12.6. The lowest BCUT2D eigenvalue weighted by molar-refractivity contribution is 0.236. The summed E-state index contributed by atoms with van der Waals surface area (Å²) in [6.07, 6.45) is 0.859. The van der Waals surface area contributed by atoms with Gasteiger partial charge in [-0.2, -0.15) is 0 Å². The van der Waals surface area contributed by atoms with E-state index >= 15 is 0 Å². The summed E-state index contributed by atoms with van der Waals surface area (Å²) in [5.41, 5.74) is 3.33. The number of aliphatic hydroxyl groups excluding tert-OH is 1. The lowest BCUT2D eigenvalue weighted by Gasteiger charge is -2.20. The van der Waals surface area contributed by atoms with Gasteiger partial charge in [-0.15, -0.1) is 0 Å². The van der Waals surface area contributed by atoms with Crippen molar-refractivity contribution in [3.8, 4) is 11.5 Å². The van der Waals surface area contributed by atoms with E-state index in [1.807, 2.05) is 31.2 Å². The normalized spacial score (nSPS) is 12.0. The molecule has 2 N–H and O–H groups in total. The smallest absolute Gasteiger partial charge is 0.167 e. The summed E-state index contributed by atoms with van der Waals surface area (Å²) in [6, 6.07) is 12.1. The van der Waals surface area contributed by atoms with E-state index in [1.165, 1.54) is 5.56 Å². The van der Waals surface area contributed by atoms with Gasteiger partial charge in [0, 0.05) is 22.6 Å². The van der Waals surface area contributed by atoms with E-state index in [4.69, 9.17) is 9.47 Å². The van der Waals surface area contributed by atoms with Crippen molar-refractivity contribution in [2.45, 2.75) is 39.5 Å². The van der Waals surface area contributed by atoms with Crippen molar-refractivity contribution < 1.29 is 14.6 Å². The molecule has 1 unspecified atom stereocenters. The van der Waals surface area contributed by atoms with Crippen LogP contribution in [-0.2, 0) is 13.2 Å². The second-order valence-corrected chi connectivity index (χ2v) is 6.80. The Hall–Kier alpha value is -1.56.